The van der Waals surface area contributed by atoms with Crippen molar-refractivity contribution >= 4 is 0 Å². The normalized spacial score (nSPS) is 17.7. The Kier molecular flexibility index (Phi) is 3.57. The molecule has 5 nitrogen and oxygen atoms in total. The molecule has 3 rings (SSSR count). The van der Waals surface area contributed by atoms with Gasteiger partial charge in [0.2, 0.25) is 0 Å². The van der Waals surface area contributed by atoms with Gasteiger partial charge >= 0.3 is 0 Å². The summed E-state index contributed by atoms with van der Waals surface area (Å²) >= 11 is 0. The lowest BCUT2D eigenvalue weighted by Crippen LogP contribution is -2.23. The van der Waals surface area contributed by atoms with Crippen molar-refractivity contribution in [2.45, 2.75) is 25.6 Å². The van der Waals surface area contributed by atoms with Crippen molar-refractivity contribution in [1.29, 1.82) is 0 Å². The predicted molar refractivity (Wildman–Crippen MR) is 71.3 cm³/mol. The summed E-state index contributed by atoms with van der Waals surface area (Å²) in [6.07, 6.45) is 3.46. The lowest BCUT2D eigenvalue weighted by molar-refractivity contribution is 0.205. The molecule has 1 aliphatic heterocycles. The summed E-state index contributed by atoms with van der Waals surface area (Å²) in [5.41, 5.74) is 0.821. The van der Waals surface area contributed by atoms with Crippen LogP contribution >= 0.6 is 0 Å². The maximum Gasteiger partial charge on any atom is 0.183 e. The van der Waals surface area contributed by atoms with Crippen LogP contribution in [0.4, 0.5) is 0 Å². The van der Waals surface area contributed by atoms with Gasteiger partial charge in [0.1, 0.15) is 12.4 Å². The average molecular weight is 258 g/mol. The molecule has 1 aromatic carbocycles. The van der Waals surface area contributed by atoms with Gasteiger partial charge in [0, 0.05) is 0 Å². The molecule has 0 radical (unpaired) electrons. The van der Waals surface area contributed by atoms with Gasteiger partial charge in [-0.15, -0.1) is 0 Å². The number of aliphatic hydroxyl groups is 1. The van der Waals surface area contributed by atoms with Crippen LogP contribution in [0.1, 0.15) is 30.3 Å². The lowest BCUT2D eigenvalue weighted by Gasteiger charge is -2.13. The van der Waals surface area contributed by atoms with Gasteiger partial charge in [-0.3, -0.25) is 4.90 Å². The van der Waals surface area contributed by atoms with Crippen molar-refractivity contribution < 1.29 is 5.11 Å². The summed E-state index contributed by atoms with van der Waals surface area (Å²) in [7, 11) is 0. The Morgan fingerprint density at radius 1 is 1.16 bits per heavy atom. The van der Waals surface area contributed by atoms with E-state index in [1.54, 1.807) is 11.0 Å². The van der Waals surface area contributed by atoms with Crippen LogP contribution in [0.15, 0.2) is 36.7 Å². The number of aromatic nitrogens is 3. The van der Waals surface area contributed by atoms with Crippen LogP contribution in [0.5, 0.6) is 0 Å². The molecule has 1 aromatic heterocycles. The molecular weight excluding hydrogens is 240 g/mol. The molecule has 1 unspecified atom stereocenters. The van der Waals surface area contributed by atoms with Gasteiger partial charge in [0.15, 0.2) is 5.82 Å². The van der Waals surface area contributed by atoms with Crippen molar-refractivity contribution in [3.63, 3.8) is 0 Å². The van der Waals surface area contributed by atoms with E-state index in [1.165, 1.54) is 12.8 Å². The molecule has 100 valence electrons. The molecule has 2 heterocycles. The Labute approximate surface area is 112 Å². The van der Waals surface area contributed by atoms with Gasteiger partial charge in [0.25, 0.3) is 0 Å². The van der Waals surface area contributed by atoms with Gasteiger partial charge < -0.3 is 5.11 Å². The van der Waals surface area contributed by atoms with Crippen molar-refractivity contribution in [1.82, 2.24) is 19.7 Å². The number of hydrogen-bond acceptors (Lipinski definition) is 4. The molecule has 1 aliphatic rings. The quantitative estimate of drug-likeness (QED) is 0.901. The zero-order valence-electron chi connectivity index (χ0n) is 10.8. The third-order valence-corrected chi connectivity index (χ3v) is 3.46. The standard InChI is InChI=1S/C14H18N4O/c19-13(12-6-2-1-3-7-12)14-15-10-18(16-14)11-17-8-4-5-9-17/h1-3,6-7,10,13,19H,4-5,8-9,11H2. The van der Waals surface area contributed by atoms with E-state index < -0.39 is 6.10 Å². The van der Waals surface area contributed by atoms with Crippen LogP contribution in [0.3, 0.4) is 0 Å². The Bertz CT molecular complexity index is 519. The molecule has 0 spiro atoms. The van der Waals surface area contributed by atoms with Crippen LogP contribution in [-0.4, -0.2) is 37.9 Å². The molecule has 0 amide bonds. The minimum absolute atomic E-state index is 0.463. The number of nitrogens with zero attached hydrogens (tertiary/aromatic N) is 4. The number of hydrogen-bond donors (Lipinski definition) is 1. The maximum absolute atomic E-state index is 10.2. The van der Waals surface area contributed by atoms with Crippen LogP contribution in [-0.2, 0) is 6.67 Å². The highest BCUT2D eigenvalue weighted by molar-refractivity contribution is 5.21. The van der Waals surface area contributed by atoms with Gasteiger partial charge in [-0.1, -0.05) is 30.3 Å². The predicted octanol–water partition coefficient (Wildman–Crippen LogP) is 1.41. The van der Waals surface area contributed by atoms with E-state index in [9.17, 15) is 5.11 Å². The maximum atomic E-state index is 10.2. The molecule has 0 saturated carbocycles. The number of aliphatic hydroxyl groups excluding tert-OH is 1. The van der Waals surface area contributed by atoms with Crippen molar-refractivity contribution in [3.05, 3.63) is 48.0 Å². The zero-order valence-corrected chi connectivity index (χ0v) is 10.8. The fraction of sp³-hybridized carbons (Fsp3) is 0.429. The third kappa shape index (κ3) is 2.83. The number of likely N-dealkylation sites (tertiary alicyclic amines) is 1. The molecule has 2 aromatic rings. The summed E-state index contributed by atoms with van der Waals surface area (Å²) in [6, 6.07) is 9.49. The minimum atomic E-state index is -0.749. The van der Waals surface area contributed by atoms with E-state index in [0.717, 1.165) is 25.3 Å². The highest BCUT2D eigenvalue weighted by Gasteiger charge is 2.16. The van der Waals surface area contributed by atoms with Gasteiger partial charge in [0.05, 0.1) is 6.67 Å². The SMILES string of the molecule is OC(c1ccccc1)c1ncn(CN2CCCC2)n1. The minimum Gasteiger partial charge on any atom is -0.380 e. The second-order valence-electron chi connectivity index (χ2n) is 4.92. The number of benzene rings is 1. The molecule has 1 N–H and O–H groups in total. The van der Waals surface area contributed by atoms with Gasteiger partial charge in [-0.25, -0.2) is 9.67 Å². The van der Waals surface area contributed by atoms with Crippen molar-refractivity contribution in [3.8, 4) is 0 Å². The van der Waals surface area contributed by atoms with E-state index in [4.69, 9.17) is 0 Å². The second kappa shape index (κ2) is 5.50. The molecule has 0 bridgehead atoms. The van der Waals surface area contributed by atoms with E-state index >= 15 is 0 Å². The first-order valence-corrected chi connectivity index (χ1v) is 6.67. The van der Waals surface area contributed by atoms with Crippen LogP contribution in [0, 0.1) is 0 Å². The van der Waals surface area contributed by atoms with E-state index in [2.05, 4.69) is 15.0 Å². The van der Waals surface area contributed by atoms with E-state index in [-0.39, 0.29) is 0 Å². The van der Waals surface area contributed by atoms with Gasteiger partial charge in [-0.05, 0) is 31.5 Å². The fourth-order valence-electron chi connectivity index (χ4n) is 2.42. The monoisotopic (exact) mass is 258 g/mol. The van der Waals surface area contributed by atoms with Crippen LogP contribution < -0.4 is 0 Å². The van der Waals surface area contributed by atoms with E-state index in [1.807, 2.05) is 30.3 Å². The first-order valence-electron chi connectivity index (χ1n) is 6.67. The van der Waals surface area contributed by atoms with Crippen molar-refractivity contribution in [2.24, 2.45) is 0 Å². The first kappa shape index (κ1) is 12.3. The Morgan fingerprint density at radius 2 is 1.89 bits per heavy atom. The summed E-state index contributed by atoms with van der Waals surface area (Å²) in [5.74, 6) is 0.463. The molecule has 1 atom stereocenters. The second-order valence-corrected chi connectivity index (χ2v) is 4.92. The first-order chi connectivity index (χ1) is 9.33. The average Bonchev–Trinajstić information content (AvgIpc) is 3.11. The summed E-state index contributed by atoms with van der Waals surface area (Å²) < 4.78 is 1.80. The largest absolute Gasteiger partial charge is 0.380 e. The molecule has 1 fully saturated rings. The molecule has 19 heavy (non-hydrogen) atoms. The van der Waals surface area contributed by atoms with Crippen molar-refractivity contribution in [2.75, 3.05) is 13.1 Å². The molecule has 5 heteroatoms. The third-order valence-electron chi connectivity index (χ3n) is 3.46. The zero-order chi connectivity index (χ0) is 13.1. The Balaban J connectivity index is 1.70. The summed E-state index contributed by atoms with van der Waals surface area (Å²) in [4.78, 5) is 6.55. The summed E-state index contributed by atoms with van der Waals surface area (Å²) in [5, 5.41) is 14.6. The number of rotatable bonds is 4. The Morgan fingerprint density at radius 3 is 2.63 bits per heavy atom. The Hall–Kier alpha value is -1.72. The highest BCUT2D eigenvalue weighted by Crippen LogP contribution is 2.18. The van der Waals surface area contributed by atoms with E-state index in [0.29, 0.717) is 5.82 Å². The lowest BCUT2D eigenvalue weighted by atomic mass is 10.1. The molecule has 0 aliphatic carbocycles. The smallest absolute Gasteiger partial charge is 0.183 e. The van der Waals surface area contributed by atoms with Crippen LogP contribution in [0.2, 0.25) is 0 Å². The topological polar surface area (TPSA) is 54.2 Å². The van der Waals surface area contributed by atoms with Gasteiger partial charge in [-0.2, -0.15) is 5.10 Å². The van der Waals surface area contributed by atoms with Crippen LogP contribution in [0.25, 0.3) is 0 Å². The highest BCUT2D eigenvalue weighted by atomic mass is 16.3. The fourth-order valence-corrected chi connectivity index (χ4v) is 2.42. The molecular formula is C14H18N4O. The molecule has 1 saturated heterocycles. The summed E-state index contributed by atoms with van der Waals surface area (Å²) in [6.45, 7) is 3.00.